The van der Waals surface area contributed by atoms with Gasteiger partial charge in [-0.05, 0) is 41.6 Å². The quantitative estimate of drug-likeness (QED) is 0.100. The van der Waals surface area contributed by atoms with Gasteiger partial charge in [0.05, 0.1) is 0 Å². The van der Waals surface area contributed by atoms with Crippen molar-refractivity contribution in [3.8, 4) is 0 Å². The van der Waals surface area contributed by atoms with E-state index in [9.17, 15) is 0 Å². The van der Waals surface area contributed by atoms with Crippen LogP contribution in [0.5, 0.6) is 0 Å². The molecule has 3 heteroatoms. The van der Waals surface area contributed by atoms with E-state index in [0.717, 1.165) is 27.9 Å². The van der Waals surface area contributed by atoms with Crippen molar-refractivity contribution < 1.29 is 25.8 Å². The third-order valence-electron chi connectivity index (χ3n) is 6.88. The van der Waals surface area contributed by atoms with E-state index in [1.165, 1.54) is 22.3 Å². The average molecular weight is 683 g/mol. The molecule has 2 nitrogen and oxygen atoms in total. The number of para-hydroxylation sites is 1. The molecule has 206 valence electrons. The van der Waals surface area contributed by atoms with Crippen LogP contribution in [0.15, 0.2) is 83.9 Å². The normalized spacial score (nSPS) is 12.1. The third kappa shape index (κ3) is 7.78. The zero-order chi connectivity index (χ0) is 25.8. The number of hydrogen-bond donors (Lipinski definition) is 0. The van der Waals surface area contributed by atoms with Crippen LogP contribution in [0.1, 0.15) is 94.5 Å². The predicted octanol–water partition coefficient (Wildman–Crippen LogP) is 11.4. The van der Waals surface area contributed by atoms with Gasteiger partial charge in [-0.15, -0.1) is 40.7 Å². The number of benzene rings is 4. The van der Waals surface area contributed by atoms with E-state index in [-0.39, 0.29) is 46.7 Å². The Kier molecular flexibility index (Phi) is 13.6. The van der Waals surface area contributed by atoms with Crippen LogP contribution in [0, 0.1) is 20.9 Å². The van der Waals surface area contributed by atoms with E-state index < -0.39 is 0 Å². The summed E-state index contributed by atoms with van der Waals surface area (Å²) in [5, 5.41) is 7.74. The van der Waals surface area contributed by atoms with Crippen molar-refractivity contribution in [3.63, 3.8) is 0 Å². The molecule has 0 heterocycles. The van der Waals surface area contributed by atoms with Crippen LogP contribution in [-0.4, -0.2) is 5.71 Å². The first-order valence-electron chi connectivity index (χ1n) is 13.1. The maximum atomic E-state index is 5.55. The van der Waals surface area contributed by atoms with Crippen LogP contribution in [-0.2, 0) is 25.8 Å². The summed E-state index contributed by atoms with van der Waals surface area (Å²) < 4.78 is 0. The standard InChI is InChI=1S/C34H38N2.2CH3.Hf/c1-22(2)27-16-10-11-18-31(27)33(36-34-28(23(3)4)19-13-20-29(34)24(5)6)25(7)35-32-21-12-15-26-14-8-9-17-30(26)32;;;/h8-16,18-24,33H,1-7H3;2*1H3;/q-2;2*-1;. The average Bonchev–Trinajstić information content (AvgIpc) is 2.87. The second-order valence-electron chi connectivity index (χ2n) is 10.6. The van der Waals surface area contributed by atoms with Crippen molar-refractivity contribution in [3.05, 3.63) is 127 Å². The fourth-order valence-electron chi connectivity index (χ4n) is 4.94. The molecule has 0 N–H and O–H groups in total. The van der Waals surface area contributed by atoms with Gasteiger partial charge in [0.15, 0.2) is 0 Å². The van der Waals surface area contributed by atoms with E-state index in [4.69, 9.17) is 10.3 Å². The zero-order valence-corrected chi connectivity index (χ0v) is 28.8. The second kappa shape index (κ2) is 15.3. The number of fused-ring (bicyclic) bond motifs is 1. The Morgan fingerprint density at radius 2 is 1.18 bits per heavy atom. The predicted molar refractivity (Wildman–Crippen MR) is 169 cm³/mol. The van der Waals surface area contributed by atoms with Crippen LogP contribution in [0.2, 0.25) is 0 Å². The van der Waals surface area contributed by atoms with E-state index in [1.807, 2.05) is 12.1 Å². The maximum absolute atomic E-state index is 5.55. The van der Waals surface area contributed by atoms with Gasteiger partial charge in [-0.25, -0.2) is 0 Å². The minimum absolute atomic E-state index is 0. The molecule has 0 amide bonds. The number of hydrogen-bond acceptors (Lipinski definition) is 1. The monoisotopic (exact) mass is 684 g/mol. The van der Waals surface area contributed by atoms with Crippen molar-refractivity contribution in [2.45, 2.75) is 72.3 Å². The molecule has 39 heavy (non-hydrogen) atoms. The Hall–Kier alpha value is -2.52. The first-order chi connectivity index (χ1) is 17.3. The van der Waals surface area contributed by atoms with Gasteiger partial charge in [0, 0.05) is 25.8 Å². The summed E-state index contributed by atoms with van der Waals surface area (Å²) in [4.78, 5) is 5.20. The molecule has 1 atom stereocenters. The van der Waals surface area contributed by atoms with Gasteiger partial charge in [0.25, 0.3) is 0 Å². The van der Waals surface area contributed by atoms with Gasteiger partial charge in [-0.1, -0.05) is 125 Å². The Labute approximate surface area is 257 Å². The number of aliphatic imine (C=N–C) groups is 1. The topological polar surface area (TPSA) is 26.5 Å². The SMILES string of the molecule is CC(=Nc1cccc2ccc[c-]c12)C([N-]c1c(C(C)C)cccc1C(C)C)c1ccccc1C(C)C.[CH3-].[CH3-].[Hf]. The minimum Gasteiger partial charge on any atom is -0.673 e. The van der Waals surface area contributed by atoms with Gasteiger partial charge in [-0.3, -0.25) is 0 Å². The summed E-state index contributed by atoms with van der Waals surface area (Å²) in [6, 6.07) is 30.9. The molecule has 0 aliphatic heterocycles. The molecule has 0 saturated carbocycles. The van der Waals surface area contributed by atoms with Gasteiger partial charge >= 0.3 is 0 Å². The molecule has 0 spiro atoms. The molecule has 1 unspecified atom stereocenters. The molecule has 0 radical (unpaired) electrons. The summed E-state index contributed by atoms with van der Waals surface area (Å²) in [7, 11) is 0. The molecule has 0 aliphatic rings. The van der Waals surface area contributed by atoms with Crippen LogP contribution < -0.4 is 0 Å². The summed E-state index contributed by atoms with van der Waals surface area (Å²) in [6.07, 6.45) is 0. The largest absolute Gasteiger partial charge is 0.673 e. The van der Waals surface area contributed by atoms with Crippen LogP contribution in [0.25, 0.3) is 16.1 Å². The first kappa shape index (κ1) is 34.5. The molecule has 0 saturated heterocycles. The Morgan fingerprint density at radius 1 is 0.667 bits per heavy atom. The fourth-order valence-corrected chi connectivity index (χ4v) is 4.94. The van der Waals surface area contributed by atoms with Gasteiger partial charge in [0.1, 0.15) is 0 Å². The van der Waals surface area contributed by atoms with E-state index in [2.05, 4.69) is 121 Å². The number of rotatable bonds is 8. The Bertz CT molecular complexity index is 1340. The van der Waals surface area contributed by atoms with Crippen molar-refractivity contribution in [2.75, 3.05) is 0 Å². The summed E-state index contributed by atoms with van der Waals surface area (Å²) in [6.45, 7) is 15.6. The van der Waals surface area contributed by atoms with Crippen molar-refractivity contribution in [1.29, 1.82) is 0 Å². The zero-order valence-electron chi connectivity index (χ0n) is 25.2. The molecule has 0 fully saturated rings. The number of nitrogens with zero attached hydrogens (tertiary/aromatic N) is 2. The molecule has 0 aliphatic carbocycles. The third-order valence-corrected chi connectivity index (χ3v) is 6.88. The van der Waals surface area contributed by atoms with E-state index >= 15 is 0 Å². The molecule has 4 aromatic rings. The van der Waals surface area contributed by atoms with Gasteiger partial charge in [-0.2, -0.15) is 0 Å². The smallest absolute Gasteiger partial charge is 0 e. The summed E-state index contributed by atoms with van der Waals surface area (Å²) in [5.74, 6) is 1.16. The maximum Gasteiger partial charge on any atom is 0 e. The molecule has 4 aromatic carbocycles. The van der Waals surface area contributed by atoms with Crippen molar-refractivity contribution >= 4 is 27.9 Å². The van der Waals surface area contributed by atoms with Crippen molar-refractivity contribution in [2.24, 2.45) is 4.99 Å². The molecule has 4 rings (SSSR count). The van der Waals surface area contributed by atoms with E-state index in [0.29, 0.717) is 17.8 Å². The molecule has 0 aromatic heterocycles. The Balaban J connectivity index is 0.00000253. The fraction of sp³-hybridized carbons (Fsp3) is 0.306. The van der Waals surface area contributed by atoms with Gasteiger partial charge < -0.3 is 25.2 Å². The van der Waals surface area contributed by atoms with E-state index in [1.54, 1.807) is 0 Å². The second-order valence-corrected chi connectivity index (χ2v) is 10.6. The summed E-state index contributed by atoms with van der Waals surface area (Å²) >= 11 is 0. The van der Waals surface area contributed by atoms with Crippen molar-refractivity contribution in [1.82, 2.24) is 0 Å². The molecule has 0 bridgehead atoms. The summed E-state index contributed by atoms with van der Waals surface area (Å²) in [5.41, 5.74) is 8.17. The van der Waals surface area contributed by atoms with Gasteiger partial charge in [0.2, 0.25) is 0 Å². The molecular weight excluding hydrogens is 639 g/mol. The van der Waals surface area contributed by atoms with Crippen LogP contribution >= 0.6 is 0 Å². The van der Waals surface area contributed by atoms with Crippen LogP contribution in [0.3, 0.4) is 0 Å². The minimum atomic E-state index is -0.181. The molecular formula is C36H44HfN2-4. The first-order valence-corrected chi connectivity index (χ1v) is 13.1. The Morgan fingerprint density at radius 3 is 1.77 bits per heavy atom. The van der Waals surface area contributed by atoms with Crippen LogP contribution in [0.4, 0.5) is 11.4 Å².